The Balaban J connectivity index is 1.33. The number of rotatable bonds is 4. The maximum Gasteiger partial charge on any atom is 0.233 e. The number of nitrogens with zero attached hydrogens (tertiary/aromatic N) is 2. The minimum Gasteiger partial charge on any atom is -0.381 e. The molecule has 0 bridgehead atoms. The molecular formula is C28H31FN2O2. The van der Waals surface area contributed by atoms with E-state index >= 15 is 0 Å². The summed E-state index contributed by atoms with van der Waals surface area (Å²) in [7, 11) is 0. The van der Waals surface area contributed by atoms with Crippen LogP contribution in [0.4, 0.5) is 4.39 Å². The van der Waals surface area contributed by atoms with Gasteiger partial charge in [0.1, 0.15) is 5.82 Å². The molecule has 2 aromatic carbocycles. The van der Waals surface area contributed by atoms with Gasteiger partial charge in [0.25, 0.3) is 0 Å². The minimum absolute atomic E-state index is 0.145. The standard InChI is InChI=1S/C28H31FN2O2/c29-24-8-2-7-23(20-24)28(12-17-33-18-13-28)27(32)31-15-4-5-21(11-16-31)19-22-6-1-10-26-25(22)9-3-14-30-26/h1-3,6-10,14,20-21H,4-5,11-13,15-19H2. The Kier molecular flexibility index (Phi) is 6.41. The molecule has 2 aliphatic rings. The Bertz CT molecular complexity index is 1120. The van der Waals surface area contributed by atoms with Crippen molar-refractivity contribution in [1.82, 2.24) is 9.88 Å². The Morgan fingerprint density at radius 1 is 1.06 bits per heavy atom. The average molecular weight is 447 g/mol. The van der Waals surface area contributed by atoms with Gasteiger partial charge in [-0.2, -0.15) is 0 Å². The van der Waals surface area contributed by atoms with Crippen molar-refractivity contribution in [3.8, 4) is 0 Å². The van der Waals surface area contributed by atoms with Crippen LogP contribution in [0.2, 0.25) is 0 Å². The Morgan fingerprint density at radius 2 is 1.91 bits per heavy atom. The summed E-state index contributed by atoms with van der Waals surface area (Å²) >= 11 is 0. The lowest BCUT2D eigenvalue weighted by atomic mass is 9.73. The molecule has 0 spiro atoms. The van der Waals surface area contributed by atoms with Crippen molar-refractivity contribution in [2.24, 2.45) is 5.92 Å². The molecular weight excluding hydrogens is 415 g/mol. The molecule has 5 rings (SSSR count). The molecule has 0 radical (unpaired) electrons. The van der Waals surface area contributed by atoms with Crippen LogP contribution in [0.5, 0.6) is 0 Å². The number of ether oxygens (including phenoxy) is 1. The fraction of sp³-hybridized carbons (Fsp3) is 0.429. The topological polar surface area (TPSA) is 42.4 Å². The molecule has 1 aromatic heterocycles. The molecule has 3 aromatic rings. The lowest BCUT2D eigenvalue weighted by molar-refractivity contribution is -0.141. The van der Waals surface area contributed by atoms with Crippen LogP contribution in [0.3, 0.4) is 0 Å². The molecule has 0 N–H and O–H groups in total. The molecule has 1 atom stereocenters. The van der Waals surface area contributed by atoms with Gasteiger partial charge in [-0.25, -0.2) is 4.39 Å². The van der Waals surface area contributed by atoms with E-state index in [9.17, 15) is 9.18 Å². The molecule has 33 heavy (non-hydrogen) atoms. The smallest absolute Gasteiger partial charge is 0.233 e. The number of carbonyl (C=O) groups excluding carboxylic acids is 1. The third-order valence-electron chi connectivity index (χ3n) is 7.51. The Morgan fingerprint density at radius 3 is 2.76 bits per heavy atom. The highest BCUT2D eigenvalue weighted by Gasteiger charge is 2.44. The first-order chi connectivity index (χ1) is 16.2. The fourth-order valence-corrected chi connectivity index (χ4v) is 5.66. The highest BCUT2D eigenvalue weighted by atomic mass is 19.1. The first kappa shape index (κ1) is 22.0. The van der Waals surface area contributed by atoms with Crippen molar-refractivity contribution in [2.75, 3.05) is 26.3 Å². The second-order valence-electron chi connectivity index (χ2n) is 9.49. The minimum atomic E-state index is -0.679. The summed E-state index contributed by atoms with van der Waals surface area (Å²) in [4.78, 5) is 20.5. The predicted molar refractivity (Wildman–Crippen MR) is 127 cm³/mol. The largest absolute Gasteiger partial charge is 0.381 e. The Labute approximate surface area is 194 Å². The van der Waals surface area contributed by atoms with Gasteiger partial charge in [-0.15, -0.1) is 0 Å². The Hall–Kier alpha value is -2.79. The number of likely N-dealkylation sites (tertiary alicyclic amines) is 1. The second-order valence-corrected chi connectivity index (χ2v) is 9.49. The summed E-state index contributed by atoms with van der Waals surface area (Å²) < 4.78 is 19.7. The number of amides is 1. The summed E-state index contributed by atoms with van der Waals surface area (Å²) in [5.74, 6) is 0.395. The van der Waals surface area contributed by atoms with Crippen molar-refractivity contribution in [1.29, 1.82) is 0 Å². The van der Waals surface area contributed by atoms with Crippen molar-refractivity contribution < 1.29 is 13.9 Å². The predicted octanol–water partition coefficient (Wildman–Crippen LogP) is 5.29. The highest BCUT2D eigenvalue weighted by Crippen LogP contribution is 2.38. The van der Waals surface area contributed by atoms with E-state index in [2.05, 4.69) is 29.2 Å². The summed E-state index contributed by atoms with van der Waals surface area (Å²) in [5.41, 5.74) is 2.49. The zero-order chi connectivity index (χ0) is 22.7. The summed E-state index contributed by atoms with van der Waals surface area (Å²) in [6.07, 6.45) is 7.15. The first-order valence-electron chi connectivity index (χ1n) is 12.1. The molecule has 172 valence electrons. The molecule has 2 saturated heterocycles. The quantitative estimate of drug-likeness (QED) is 0.547. The third kappa shape index (κ3) is 4.51. The summed E-state index contributed by atoms with van der Waals surface area (Å²) in [6.45, 7) is 2.59. The van der Waals surface area contributed by atoms with E-state index in [4.69, 9.17) is 4.74 Å². The van der Waals surface area contributed by atoms with E-state index in [1.807, 2.05) is 23.2 Å². The number of aromatic nitrogens is 1. The van der Waals surface area contributed by atoms with Crippen molar-refractivity contribution >= 4 is 16.8 Å². The van der Waals surface area contributed by atoms with Gasteiger partial charge < -0.3 is 9.64 Å². The molecule has 4 nitrogen and oxygen atoms in total. The molecule has 2 aliphatic heterocycles. The third-order valence-corrected chi connectivity index (χ3v) is 7.51. The van der Waals surface area contributed by atoms with E-state index in [0.717, 1.165) is 49.9 Å². The monoisotopic (exact) mass is 446 g/mol. The zero-order valence-electron chi connectivity index (χ0n) is 19.0. The lowest BCUT2D eigenvalue weighted by Gasteiger charge is -2.40. The molecule has 1 unspecified atom stereocenters. The van der Waals surface area contributed by atoms with E-state index in [1.165, 1.54) is 17.0 Å². The number of hydrogen-bond acceptors (Lipinski definition) is 3. The molecule has 1 amide bonds. The van der Waals surface area contributed by atoms with Crippen LogP contribution in [0.25, 0.3) is 10.9 Å². The van der Waals surface area contributed by atoms with Crippen molar-refractivity contribution in [3.63, 3.8) is 0 Å². The van der Waals surface area contributed by atoms with E-state index in [0.29, 0.717) is 32.0 Å². The van der Waals surface area contributed by atoms with Crippen LogP contribution >= 0.6 is 0 Å². The van der Waals surface area contributed by atoms with Gasteiger partial charge in [-0.3, -0.25) is 9.78 Å². The zero-order valence-corrected chi connectivity index (χ0v) is 19.0. The van der Waals surface area contributed by atoms with Crippen LogP contribution in [-0.2, 0) is 21.4 Å². The molecule has 2 fully saturated rings. The van der Waals surface area contributed by atoms with Gasteiger partial charge in [0.05, 0.1) is 10.9 Å². The van der Waals surface area contributed by atoms with E-state index < -0.39 is 5.41 Å². The number of halogens is 1. The number of fused-ring (bicyclic) bond motifs is 1. The van der Waals surface area contributed by atoms with Gasteiger partial charge in [0, 0.05) is 37.9 Å². The maximum absolute atomic E-state index is 14.1. The van der Waals surface area contributed by atoms with Crippen LogP contribution < -0.4 is 0 Å². The number of carbonyl (C=O) groups is 1. The second kappa shape index (κ2) is 9.60. The molecule has 0 aliphatic carbocycles. The highest BCUT2D eigenvalue weighted by molar-refractivity contribution is 5.88. The van der Waals surface area contributed by atoms with Crippen LogP contribution in [0.15, 0.2) is 60.8 Å². The first-order valence-corrected chi connectivity index (χ1v) is 12.1. The number of pyridine rings is 1. The normalized spacial score (nSPS) is 21.0. The van der Waals surface area contributed by atoms with Gasteiger partial charge >= 0.3 is 0 Å². The van der Waals surface area contributed by atoms with Crippen LogP contribution in [-0.4, -0.2) is 42.1 Å². The van der Waals surface area contributed by atoms with E-state index in [-0.39, 0.29) is 11.7 Å². The number of benzene rings is 2. The molecule has 0 saturated carbocycles. The van der Waals surface area contributed by atoms with Gasteiger partial charge in [-0.1, -0.05) is 30.3 Å². The average Bonchev–Trinajstić information content (AvgIpc) is 3.10. The van der Waals surface area contributed by atoms with Gasteiger partial charge in [0.15, 0.2) is 0 Å². The van der Waals surface area contributed by atoms with Crippen LogP contribution in [0, 0.1) is 11.7 Å². The van der Waals surface area contributed by atoms with Crippen LogP contribution in [0.1, 0.15) is 43.2 Å². The van der Waals surface area contributed by atoms with Gasteiger partial charge in [0.2, 0.25) is 5.91 Å². The lowest BCUT2D eigenvalue weighted by Crippen LogP contribution is -2.50. The van der Waals surface area contributed by atoms with Gasteiger partial charge in [-0.05, 0) is 79.8 Å². The number of hydrogen-bond donors (Lipinski definition) is 0. The molecule has 5 heteroatoms. The maximum atomic E-state index is 14.1. The van der Waals surface area contributed by atoms with E-state index in [1.54, 1.807) is 12.1 Å². The van der Waals surface area contributed by atoms with Crippen molar-refractivity contribution in [2.45, 2.75) is 43.9 Å². The molecule has 3 heterocycles. The summed E-state index contributed by atoms with van der Waals surface area (Å²) in [5, 5.41) is 1.23. The van der Waals surface area contributed by atoms with Crippen molar-refractivity contribution in [3.05, 3.63) is 77.7 Å². The summed E-state index contributed by atoms with van der Waals surface area (Å²) in [6, 6.07) is 17.1. The fourth-order valence-electron chi connectivity index (χ4n) is 5.66. The SMILES string of the molecule is O=C(N1CCCC(Cc2cccc3ncccc23)CC1)C1(c2cccc(F)c2)CCOCC1.